The zero-order valence-corrected chi connectivity index (χ0v) is 22.3. The minimum Gasteiger partial charge on any atom is -0.509 e. The van der Waals surface area contributed by atoms with E-state index in [0.29, 0.717) is 16.8 Å². The first kappa shape index (κ1) is 27.7. The molecule has 3 aliphatic carbocycles. The van der Waals surface area contributed by atoms with Gasteiger partial charge in [0.15, 0.2) is 17.0 Å². The molecule has 0 radical (unpaired) electrons. The summed E-state index contributed by atoms with van der Waals surface area (Å²) in [4.78, 5) is 45.7. The topological polar surface area (TPSA) is 230 Å². The third-order valence-electron chi connectivity index (χ3n) is 8.29. The van der Waals surface area contributed by atoms with Crippen LogP contribution >= 0.6 is 0 Å². The van der Waals surface area contributed by atoms with Crippen molar-refractivity contribution in [1.29, 1.82) is 5.26 Å². The number of aliphatic hydroxyl groups excluding tert-OH is 2. The number of likely N-dealkylation sites (N-methyl/N-ethyl adjacent to an activating group) is 1. The van der Waals surface area contributed by atoms with Crippen molar-refractivity contribution in [3.63, 3.8) is 0 Å². The van der Waals surface area contributed by atoms with E-state index in [4.69, 9.17) is 17.2 Å². The molecule has 210 valence electrons. The summed E-state index contributed by atoms with van der Waals surface area (Å²) in [6.45, 7) is 0. The maximum absolute atomic E-state index is 14.4. The van der Waals surface area contributed by atoms with Crippen molar-refractivity contribution in [2.45, 2.75) is 30.0 Å². The average Bonchev–Trinajstić information content (AvgIpc) is 2.87. The molecule has 1 amide bonds. The number of rotatable bonds is 4. The monoisotopic (exact) mass is 556 g/mol. The molecular weight excluding hydrogens is 528 g/mol. The van der Waals surface area contributed by atoms with Gasteiger partial charge < -0.3 is 32.5 Å². The first-order valence-corrected chi connectivity index (χ1v) is 12.6. The normalized spacial score (nSPS) is 29.3. The molecule has 1 saturated carbocycles. The highest BCUT2D eigenvalue weighted by Crippen LogP contribution is 2.58. The number of aromatic nitrogens is 1. The molecule has 41 heavy (non-hydrogen) atoms. The molecule has 1 heterocycles. The number of fused-ring (bicyclic) bond motifs is 3. The number of aliphatic hydroxyl groups is 2. The Balaban J connectivity index is 1.80. The number of nitrogens with zero attached hydrogens (tertiary/aromatic N) is 3. The summed E-state index contributed by atoms with van der Waals surface area (Å²) in [5.41, 5.74) is 12.6. The van der Waals surface area contributed by atoms with Crippen molar-refractivity contribution in [3.05, 3.63) is 75.8 Å². The second-order valence-corrected chi connectivity index (χ2v) is 10.9. The fourth-order valence-electron chi connectivity index (χ4n) is 6.66. The number of ketones is 2. The second kappa shape index (κ2) is 9.10. The number of carbonyl (C=O) groups excluding carboxylic acids is 3. The van der Waals surface area contributed by atoms with Gasteiger partial charge in [-0.15, -0.1) is 0 Å². The van der Waals surface area contributed by atoms with Gasteiger partial charge in [0.25, 0.3) is 5.91 Å². The number of phenolic OH excluding ortho intramolecular Hbond substituents is 1. The number of carbonyl (C=O) groups is 3. The number of phenols is 1. The summed E-state index contributed by atoms with van der Waals surface area (Å²) in [5, 5.41) is 44.0. The van der Waals surface area contributed by atoms with Crippen molar-refractivity contribution < 1.29 is 29.7 Å². The molecule has 4 atom stereocenters. The number of Topliss-reactive ketones (excluding diaryl/α,β-unsaturated/α-hetero) is 2. The molecule has 0 aliphatic heterocycles. The molecule has 0 bridgehead atoms. The first-order chi connectivity index (χ1) is 19.2. The molecule has 0 saturated heterocycles. The summed E-state index contributed by atoms with van der Waals surface area (Å²) >= 11 is 0. The van der Waals surface area contributed by atoms with Gasteiger partial charge in [-0.25, -0.2) is 0 Å². The van der Waals surface area contributed by atoms with Crippen LogP contribution in [0.2, 0.25) is 0 Å². The number of benzene rings is 1. The lowest BCUT2D eigenvalue weighted by molar-refractivity contribution is -0.139. The van der Waals surface area contributed by atoms with Gasteiger partial charge in [0.2, 0.25) is 0 Å². The van der Waals surface area contributed by atoms with Gasteiger partial charge in [0.05, 0.1) is 40.0 Å². The molecule has 1 aromatic carbocycles. The van der Waals surface area contributed by atoms with Crippen LogP contribution < -0.4 is 17.2 Å². The molecule has 0 spiro atoms. The number of pyridine rings is 1. The van der Waals surface area contributed by atoms with E-state index in [-0.39, 0.29) is 17.7 Å². The van der Waals surface area contributed by atoms with Crippen LogP contribution in [0.15, 0.2) is 53.4 Å². The van der Waals surface area contributed by atoms with Gasteiger partial charge in [0, 0.05) is 6.20 Å². The predicted octanol–water partition coefficient (Wildman–Crippen LogP) is 0.471. The van der Waals surface area contributed by atoms with E-state index in [0.717, 1.165) is 0 Å². The van der Waals surface area contributed by atoms with Crippen LogP contribution in [0, 0.1) is 16.7 Å². The van der Waals surface area contributed by atoms with Gasteiger partial charge in [-0.3, -0.25) is 24.3 Å². The summed E-state index contributed by atoms with van der Waals surface area (Å²) in [6, 6.07) is 8.59. The number of primary amides is 1. The van der Waals surface area contributed by atoms with Crippen molar-refractivity contribution >= 4 is 35.4 Å². The van der Waals surface area contributed by atoms with E-state index in [1.807, 2.05) is 6.07 Å². The zero-order valence-electron chi connectivity index (χ0n) is 22.3. The largest absolute Gasteiger partial charge is 0.509 e. The van der Waals surface area contributed by atoms with Crippen LogP contribution in [0.4, 0.5) is 0 Å². The van der Waals surface area contributed by atoms with E-state index in [2.05, 4.69) is 4.98 Å². The highest BCUT2D eigenvalue weighted by molar-refractivity contribution is 6.25. The van der Waals surface area contributed by atoms with Gasteiger partial charge in [-0.05, 0) is 62.3 Å². The van der Waals surface area contributed by atoms with Gasteiger partial charge >= 0.3 is 0 Å². The number of nitrogens with two attached hydrogens (primary N) is 3. The third kappa shape index (κ3) is 3.57. The molecule has 2 aromatic rings. The summed E-state index contributed by atoms with van der Waals surface area (Å²) < 4.78 is 0. The molecule has 1 fully saturated rings. The number of hydrogen-bond donors (Lipinski definition) is 6. The molecule has 3 aliphatic rings. The molecule has 0 unspecified atom stereocenters. The summed E-state index contributed by atoms with van der Waals surface area (Å²) in [5.74, 6) is -5.74. The van der Waals surface area contributed by atoms with E-state index in [1.54, 1.807) is 42.6 Å². The Hall–Kier alpha value is -4.83. The highest BCUT2D eigenvalue weighted by atomic mass is 16.3. The molecular formula is C29H28N6O6. The SMILES string of the molecule is CN(C)[C@@H]1C(=O)C(C(N)=O)=C(O)[C@@]2(C#N)C(=O)C3=C(O)c4c(O)ccc(/C=C/c5ccccn5)c4C[C@@]3(N)C[C@@]12N. The Kier molecular flexibility index (Phi) is 6.15. The van der Waals surface area contributed by atoms with Crippen molar-refractivity contribution in [3.8, 4) is 11.8 Å². The number of amides is 1. The fraction of sp³-hybridized carbons (Fsp3) is 0.276. The average molecular weight is 557 g/mol. The van der Waals surface area contributed by atoms with Gasteiger partial charge in [-0.2, -0.15) is 5.26 Å². The van der Waals surface area contributed by atoms with Crippen molar-refractivity contribution in [1.82, 2.24) is 9.88 Å². The highest BCUT2D eigenvalue weighted by Gasteiger charge is 2.74. The predicted molar refractivity (Wildman–Crippen MR) is 147 cm³/mol. The lowest BCUT2D eigenvalue weighted by atomic mass is 9.47. The minimum absolute atomic E-state index is 0.0788. The molecule has 12 heteroatoms. The molecule has 5 rings (SSSR count). The Morgan fingerprint density at radius 3 is 2.44 bits per heavy atom. The number of aromatic hydroxyl groups is 1. The smallest absolute Gasteiger partial charge is 0.255 e. The maximum atomic E-state index is 14.4. The zero-order chi connectivity index (χ0) is 30.1. The standard InChI is InChI=1S/C29H28N6O6/c1-35(2)23-22(38)19(26(31)41)24(39)28(13-30)25(40)20-21(37)18-16(11-27(20,32)12-29(23,28)33)14(7-9-17(18)36)6-8-15-5-3-4-10-34-15/h3-10,23,36-37,39H,11-12,32-33H2,1-2H3,(H2,31,41)/b8-6+/t23-,27-,28+,29-/m1/s1. The van der Waals surface area contributed by atoms with Crippen LogP contribution in [-0.2, 0) is 20.8 Å². The molecule has 12 nitrogen and oxygen atoms in total. The maximum Gasteiger partial charge on any atom is 0.255 e. The van der Waals surface area contributed by atoms with E-state index < -0.39 is 69.1 Å². The third-order valence-corrected chi connectivity index (χ3v) is 8.29. The van der Waals surface area contributed by atoms with Crippen LogP contribution in [0.25, 0.3) is 17.9 Å². The van der Waals surface area contributed by atoms with Crippen molar-refractivity contribution in [2.24, 2.45) is 22.6 Å². The Morgan fingerprint density at radius 1 is 1.15 bits per heavy atom. The first-order valence-electron chi connectivity index (χ1n) is 12.6. The van der Waals surface area contributed by atoms with Crippen LogP contribution in [0.3, 0.4) is 0 Å². The molecule has 9 N–H and O–H groups in total. The van der Waals surface area contributed by atoms with Crippen molar-refractivity contribution in [2.75, 3.05) is 14.1 Å². The summed E-state index contributed by atoms with van der Waals surface area (Å²) in [7, 11) is 2.93. The van der Waals surface area contributed by atoms with Crippen LogP contribution in [-0.4, -0.2) is 73.9 Å². The Labute approximate surface area is 234 Å². The van der Waals surface area contributed by atoms with E-state index in [1.165, 1.54) is 25.1 Å². The second-order valence-electron chi connectivity index (χ2n) is 10.9. The lowest BCUT2D eigenvalue weighted by Gasteiger charge is -2.58. The Bertz CT molecular complexity index is 1670. The van der Waals surface area contributed by atoms with E-state index in [9.17, 15) is 35.0 Å². The molecule has 1 aromatic heterocycles. The minimum atomic E-state index is -2.70. The fourth-order valence-corrected chi connectivity index (χ4v) is 6.66. The van der Waals surface area contributed by atoms with Gasteiger partial charge in [0.1, 0.15) is 22.8 Å². The van der Waals surface area contributed by atoms with E-state index >= 15 is 0 Å². The van der Waals surface area contributed by atoms with Gasteiger partial charge in [-0.1, -0.05) is 18.2 Å². The summed E-state index contributed by atoms with van der Waals surface area (Å²) in [6.07, 6.45) is 4.48. The van der Waals surface area contributed by atoms with Crippen LogP contribution in [0.5, 0.6) is 5.75 Å². The number of nitriles is 1. The lowest BCUT2D eigenvalue weighted by Crippen LogP contribution is -2.80. The van der Waals surface area contributed by atoms with Crippen LogP contribution in [0.1, 0.15) is 28.8 Å². The Morgan fingerprint density at radius 2 is 1.85 bits per heavy atom. The quantitative estimate of drug-likeness (QED) is 0.283. The number of hydrogen-bond acceptors (Lipinski definition) is 11.